The number of carbonyl (C=O) groups is 1. The molecule has 1 aromatic carbocycles. The van der Waals surface area contributed by atoms with Crippen LogP contribution in [-0.2, 0) is 4.74 Å². The predicted molar refractivity (Wildman–Crippen MR) is 68.0 cm³/mol. The van der Waals surface area contributed by atoms with E-state index in [0.29, 0.717) is 6.61 Å². The first kappa shape index (κ1) is 14.4. The average Bonchev–Trinajstić information content (AvgIpc) is 2.30. The molecule has 3 nitrogen and oxygen atoms in total. The zero-order valence-corrected chi connectivity index (χ0v) is 11.5. The molecule has 1 aromatic rings. The number of hydrogen-bond acceptors (Lipinski definition) is 2. The Labute approximate surface area is 112 Å². The fraction of sp³-hybridized carbons (Fsp3) is 0.364. The molecule has 1 amide bonds. The van der Waals surface area contributed by atoms with E-state index < -0.39 is 11.7 Å². The number of hydrogen-bond donors (Lipinski definition) is 1. The molecule has 17 heavy (non-hydrogen) atoms. The van der Waals surface area contributed by atoms with Crippen molar-refractivity contribution in [3.8, 4) is 0 Å². The molecule has 0 saturated carbocycles. The SMILES string of the molecule is COCC(Cl)CNC(=O)c1cccc(Br)c1F. The molecular weight excluding hydrogens is 312 g/mol. The van der Waals surface area contributed by atoms with Gasteiger partial charge >= 0.3 is 0 Å². The zero-order chi connectivity index (χ0) is 12.8. The summed E-state index contributed by atoms with van der Waals surface area (Å²) < 4.78 is 18.6. The Morgan fingerprint density at radius 3 is 3.00 bits per heavy atom. The fourth-order valence-electron chi connectivity index (χ4n) is 1.22. The number of benzene rings is 1. The summed E-state index contributed by atoms with van der Waals surface area (Å²) in [6, 6.07) is 4.53. The Hall–Kier alpha value is -0.650. The summed E-state index contributed by atoms with van der Waals surface area (Å²) >= 11 is 8.86. The van der Waals surface area contributed by atoms with Gasteiger partial charge in [0.15, 0.2) is 0 Å². The third kappa shape index (κ3) is 4.26. The van der Waals surface area contributed by atoms with Crippen molar-refractivity contribution >= 4 is 33.4 Å². The van der Waals surface area contributed by atoms with Crippen LogP contribution in [-0.4, -0.2) is 31.5 Å². The van der Waals surface area contributed by atoms with Crippen LogP contribution in [0.5, 0.6) is 0 Å². The second kappa shape index (κ2) is 6.93. The molecule has 1 atom stereocenters. The minimum absolute atomic E-state index is 0.0133. The molecule has 0 bridgehead atoms. The topological polar surface area (TPSA) is 38.3 Å². The first-order valence-corrected chi connectivity index (χ1v) is 6.14. The first-order chi connectivity index (χ1) is 8.06. The van der Waals surface area contributed by atoms with Crippen LogP contribution in [0.4, 0.5) is 4.39 Å². The van der Waals surface area contributed by atoms with Gasteiger partial charge in [-0.05, 0) is 28.1 Å². The summed E-state index contributed by atoms with van der Waals surface area (Å²) in [4.78, 5) is 11.7. The zero-order valence-electron chi connectivity index (χ0n) is 9.17. The molecule has 0 spiro atoms. The molecule has 0 aromatic heterocycles. The molecule has 1 N–H and O–H groups in total. The van der Waals surface area contributed by atoms with Crippen LogP contribution >= 0.6 is 27.5 Å². The van der Waals surface area contributed by atoms with Gasteiger partial charge in [-0.3, -0.25) is 4.79 Å². The standard InChI is InChI=1S/C11H12BrClFNO2/c1-17-6-7(13)5-15-11(16)8-3-2-4-9(12)10(8)14/h2-4,7H,5-6H2,1H3,(H,15,16). The van der Waals surface area contributed by atoms with Gasteiger partial charge in [-0.2, -0.15) is 0 Å². The number of carbonyl (C=O) groups excluding carboxylic acids is 1. The van der Waals surface area contributed by atoms with Crippen LogP contribution < -0.4 is 5.32 Å². The summed E-state index contributed by atoms with van der Waals surface area (Å²) in [5.74, 6) is -1.08. The number of amides is 1. The van der Waals surface area contributed by atoms with E-state index >= 15 is 0 Å². The van der Waals surface area contributed by atoms with Crippen molar-refractivity contribution in [3.63, 3.8) is 0 Å². The van der Waals surface area contributed by atoms with E-state index in [1.54, 1.807) is 6.07 Å². The number of nitrogens with one attached hydrogen (secondary N) is 1. The van der Waals surface area contributed by atoms with Crippen molar-refractivity contribution < 1.29 is 13.9 Å². The molecule has 1 unspecified atom stereocenters. The molecule has 0 aliphatic carbocycles. The lowest BCUT2D eigenvalue weighted by atomic mass is 10.2. The van der Waals surface area contributed by atoms with Crippen LogP contribution in [0.3, 0.4) is 0 Å². The van der Waals surface area contributed by atoms with Crippen LogP contribution in [0.15, 0.2) is 22.7 Å². The van der Waals surface area contributed by atoms with Crippen molar-refractivity contribution in [3.05, 3.63) is 34.1 Å². The summed E-state index contributed by atoms with van der Waals surface area (Å²) in [7, 11) is 1.52. The van der Waals surface area contributed by atoms with E-state index in [1.807, 2.05) is 0 Å². The van der Waals surface area contributed by atoms with Crippen LogP contribution in [0.1, 0.15) is 10.4 Å². The van der Waals surface area contributed by atoms with Gasteiger partial charge in [0, 0.05) is 13.7 Å². The third-order valence-corrected chi connectivity index (χ3v) is 2.92. The van der Waals surface area contributed by atoms with Crippen molar-refractivity contribution in [2.24, 2.45) is 0 Å². The number of rotatable bonds is 5. The van der Waals surface area contributed by atoms with Crippen molar-refractivity contribution in [2.75, 3.05) is 20.3 Å². The predicted octanol–water partition coefficient (Wildman–Crippen LogP) is 2.57. The van der Waals surface area contributed by atoms with E-state index in [9.17, 15) is 9.18 Å². The Morgan fingerprint density at radius 2 is 2.35 bits per heavy atom. The molecule has 0 heterocycles. The normalized spacial score (nSPS) is 12.2. The van der Waals surface area contributed by atoms with Crippen molar-refractivity contribution in [2.45, 2.75) is 5.38 Å². The van der Waals surface area contributed by atoms with Gasteiger partial charge in [0.05, 0.1) is 22.0 Å². The lowest BCUT2D eigenvalue weighted by Gasteiger charge is -2.10. The van der Waals surface area contributed by atoms with Crippen molar-refractivity contribution in [1.82, 2.24) is 5.32 Å². The minimum atomic E-state index is -0.581. The van der Waals surface area contributed by atoms with Crippen LogP contribution in [0.25, 0.3) is 0 Å². The second-order valence-corrected chi connectivity index (χ2v) is 4.84. The lowest BCUT2D eigenvalue weighted by molar-refractivity contribution is 0.0945. The second-order valence-electron chi connectivity index (χ2n) is 3.36. The average molecular weight is 325 g/mol. The maximum atomic E-state index is 13.6. The molecular formula is C11H12BrClFNO2. The van der Waals surface area contributed by atoms with Crippen molar-refractivity contribution in [1.29, 1.82) is 0 Å². The fourth-order valence-corrected chi connectivity index (χ4v) is 1.79. The van der Waals surface area contributed by atoms with Gasteiger partial charge in [-0.1, -0.05) is 6.07 Å². The number of methoxy groups -OCH3 is 1. The first-order valence-electron chi connectivity index (χ1n) is 4.91. The largest absolute Gasteiger partial charge is 0.383 e. The Morgan fingerprint density at radius 1 is 1.65 bits per heavy atom. The molecule has 0 aliphatic rings. The van der Waals surface area contributed by atoms with Crippen LogP contribution in [0.2, 0.25) is 0 Å². The molecule has 1 rings (SSSR count). The highest BCUT2D eigenvalue weighted by molar-refractivity contribution is 9.10. The lowest BCUT2D eigenvalue weighted by Crippen LogP contribution is -2.32. The van der Waals surface area contributed by atoms with Crippen LogP contribution in [0, 0.1) is 5.82 Å². The molecule has 0 fully saturated rings. The van der Waals surface area contributed by atoms with Gasteiger partial charge in [0.1, 0.15) is 5.82 Å². The summed E-state index contributed by atoms with van der Waals surface area (Å²) in [5.41, 5.74) is -0.0133. The highest BCUT2D eigenvalue weighted by Gasteiger charge is 2.14. The summed E-state index contributed by atoms with van der Waals surface area (Å²) in [5, 5.41) is 2.21. The molecule has 6 heteroatoms. The summed E-state index contributed by atoms with van der Waals surface area (Å²) in [6.07, 6.45) is 0. The Kier molecular flexibility index (Phi) is 5.88. The molecule has 0 aliphatic heterocycles. The smallest absolute Gasteiger partial charge is 0.254 e. The monoisotopic (exact) mass is 323 g/mol. The minimum Gasteiger partial charge on any atom is -0.383 e. The van der Waals surface area contributed by atoms with E-state index in [-0.39, 0.29) is 22.0 Å². The number of halogens is 3. The maximum Gasteiger partial charge on any atom is 0.254 e. The quantitative estimate of drug-likeness (QED) is 0.846. The Balaban J connectivity index is 2.61. The molecule has 0 saturated heterocycles. The van der Waals surface area contributed by atoms with E-state index in [0.717, 1.165) is 0 Å². The van der Waals surface area contributed by atoms with E-state index in [2.05, 4.69) is 21.2 Å². The van der Waals surface area contributed by atoms with Gasteiger partial charge in [-0.25, -0.2) is 4.39 Å². The maximum absolute atomic E-state index is 13.6. The number of ether oxygens (including phenoxy) is 1. The number of alkyl halides is 1. The molecule has 0 radical (unpaired) electrons. The van der Waals surface area contributed by atoms with Gasteiger partial charge in [0.2, 0.25) is 0 Å². The Bertz CT molecular complexity index is 403. The van der Waals surface area contributed by atoms with Gasteiger partial charge in [0.25, 0.3) is 5.91 Å². The van der Waals surface area contributed by atoms with E-state index in [1.165, 1.54) is 19.2 Å². The highest BCUT2D eigenvalue weighted by atomic mass is 79.9. The van der Waals surface area contributed by atoms with Gasteiger partial charge < -0.3 is 10.1 Å². The third-order valence-electron chi connectivity index (χ3n) is 2.03. The van der Waals surface area contributed by atoms with Gasteiger partial charge in [-0.15, -0.1) is 11.6 Å². The van der Waals surface area contributed by atoms with E-state index in [4.69, 9.17) is 16.3 Å². The summed E-state index contributed by atoms with van der Waals surface area (Å²) in [6.45, 7) is 0.545. The highest BCUT2D eigenvalue weighted by Crippen LogP contribution is 2.18. The molecule has 94 valence electrons.